The van der Waals surface area contributed by atoms with Gasteiger partial charge in [0.15, 0.2) is 0 Å². The van der Waals surface area contributed by atoms with Gasteiger partial charge < -0.3 is 20.7 Å². The van der Waals surface area contributed by atoms with Crippen molar-refractivity contribution in [2.75, 3.05) is 11.9 Å². The van der Waals surface area contributed by atoms with Crippen LogP contribution >= 0.6 is 0 Å². The third-order valence-corrected chi connectivity index (χ3v) is 5.74. The Morgan fingerprint density at radius 2 is 1.57 bits per heavy atom. The Morgan fingerprint density at radius 3 is 2.16 bits per heavy atom. The third-order valence-electron chi connectivity index (χ3n) is 5.74. The first-order valence-corrected chi connectivity index (χ1v) is 12.2. The first-order chi connectivity index (χ1) is 17.6. The van der Waals surface area contributed by atoms with Gasteiger partial charge in [-0.15, -0.1) is 0 Å². The molecule has 11 heteroatoms. The lowest BCUT2D eigenvalue weighted by molar-refractivity contribution is -0.137. The zero-order chi connectivity index (χ0) is 27.4. The molecule has 0 saturated heterocycles. The summed E-state index contributed by atoms with van der Waals surface area (Å²) in [5.41, 5.74) is 1.28. The summed E-state index contributed by atoms with van der Waals surface area (Å²) in [6.07, 6.45) is 4.45. The second kappa shape index (κ2) is 14.5. The van der Waals surface area contributed by atoms with Gasteiger partial charge in [-0.2, -0.15) is 0 Å². The molecule has 0 bridgehead atoms. The minimum atomic E-state index is -0.853. The van der Waals surface area contributed by atoms with E-state index in [1.54, 1.807) is 45.0 Å². The molecule has 1 aliphatic rings. The molecule has 1 aromatic rings. The molecule has 0 fully saturated rings. The van der Waals surface area contributed by atoms with Crippen LogP contribution in [0.2, 0.25) is 0 Å². The lowest BCUT2D eigenvalue weighted by Gasteiger charge is -2.24. The van der Waals surface area contributed by atoms with Gasteiger partial charge in [-0.05, 0) is 43.4 Å². The van der Waals surface area contributed by atoms with Crippen molar-refractivity contribution in [3.05, 3.63) is 42.0 Å². The molecule has 0 aromatic heterocycles. The van der Waals surface area contributed by atoms with Crippen molar-refractivity contribution in [2.24, 2.45) is 5.92 Å². The quantitative estimate of drug-likeness (QED) is 0.182. The number of carbonyl (C=O) groups excluding carboxylic acids is 6. The number of anilines is 1. The van der Waals surface area contributed by atoms with Gasteiger partial charge in [0.2, 0.25) is 17.7 Å². The molecule has 0 aliphatic carbocycles. The van der Waals surface area contributed by atoms with E-state index in [-0.39, 0.29) is 36.7 Å². The molecule has 2 atom stereocenters. The minimum Gasteiger partial charge on any atom is -0.463 e. The van der Waals surface area contributed by atoms with Crippen molar-refractivity contribution in [3.8, 4) is 0 Å². The van der Waals surface area contributed by atoms with Crippen LogP contribution in [0.1, 0.15) is 52.0 Å². The number of rotatable bonds is 15. The normalized spacial score (nSPS) is 14.3. The molecule has 0 radical (unpaired) electrons. The number of hydrogen-bond acceptors (Lipinski definition) is 7. The summed E-state index contributed by atoms with van der Waals surface area (Å²) in [5.74, 6) is -2.04. The smallest absolute Gasteiger partial charge is 0.293 e. The number of benzene rings is 1. The van der Waals surface area contributed by atoms with E-state index in [2.05, 4.69) is 20.7 Å². The molecule has 1 heterocycles. The number of carbonyl (C=O) groups is 6. The van der Waals surface area contributed by atoms with Gasteiger partial charge in [0.05, 0.1) is 0 Å². The fraction of sp³-hybridized carbons (Fsp3) is 0.462. The molecule has 11 nitrogen and oxygen atoms in total. The Kier molecular flexibility index (Phi) is 11.5. The molecular weight excluding hydrogens is 480 g/mol. The maximum Gasteiger partial charge on any atom is 0.293 e. The molecule has 0 unspecified atom stereocenters. The fourth-order valence-electron chi connectivity index (χ4n) is 3.60. The van der Waals surface area contributed by atoms with Crippen molar-refractivity contribution in [3.63, 3.8) is 0 Å². The van der Waals surface area contributed by atoms with Crippen LogP contribution in [0, 0.1) is 5.92 Å². The Bertz CT molecular complexity index is 1000. The number of imide groups is 1. The summed E-state index contributed by atoms with van der Waals surface area (Å²) in [6, 6.07) is 5.06. The van der Waals surface area contributed by atoms with E-state index < -0.39 is 23.9 Å². The number of nitrogens with one attached hydrogen (secondary N) is 3. The van der Waals surface area contributed by atoms with Crippen molar-refractivity contribution in [1.82, 2.24) is 15.5 Å². The fourth-order valence-corrected chi connectivity index (χ4v) is 3.60. The first-order valence-electron chi connectivity index (χ1n) is 12.2. The van der Waals surface area contributed by atoms with Crippen molar-refractivity contribution < 1.29 is 33.5 Å². The highest BCUT2D eigenvalue weighted by molar-refractivity contribution is 6.12. The Morgan fingerprint density at radius 1 is 0.919 bits per heavy atom. The van der Waals surface area contributed by atoms with Crippen LogP contribution in [0.15, 0.2) is 36.4 Å². The van der Waals surface area contributed by atoms with Gasteiger partial charge in [-0.3, -0.25) is 33.7 Å². The van der Waals surface area contributed by atoms with E-state index in [1.165, 1.54) is 12.2 Å². The zero-order valence-electron chi connectivity index (χ0n) is 21.3. The van der Waals surface area contributed by atoms with Crippen LogP contribution in [-0.4, -0.2) is 59.5 Å². The molecule has 200 valence electrons. The highest BCUT2D eigenvalue weighted by atomic mass is 16.5. The summed E-state index contributed by atoms with van der Waals surface area (Å²) in [5, 5.41) is 8.08. The van der Waals surface area contributed by atoms with Crippen LogP contribution in [0.25, 0.3) is 0 Å². The monoisotopic (exact) mass is 514 g/mol. The SMILES string of the molecule is CC(C)[C@H](NC(=O)CCCCCN1C(=O)C=CC1=O)C(=O)N[C@@H](C)C(=O)Nc1ccc(COC=O)cc1. The predicted octanol–water partition coefficient (Wildman–Crippen LogP) is 1.43. The highest BCUT2D eigenvalue weighted by Gasteiger charge is 2.27. The largest absolute Gasteiger partial charge is 0.463 e. The number of hydrogen-bond donors (Lipinski definition) is 3. The summed E-state index contributed by atoms with van der Waals surface area (Å²) in [6.45, 7) is 5.93. The van der Waals surface area contributed by atoms with Gasteiger partial charge in [0.1, 0.15) is 18.7 Å². The summed E-state index contributed by atoms with van der Waals surface area (Å²) in [4.78, 5) is 72.2. The summed E-state index contributed by atoms with van der Waals surface area (Å²) < 4.78 is 4.68. The van der Waals surface area contributed by atoms with Crippen LogP contribution < -0.4 is 16.0 Å². The zero-order valence-corrected chi connectivity index (χ0v) is 21.3. The number of amides is 5. The van der Waals surface area contributed by atoms with Crippen LogP contribution in [0.3, 0.4) is 0 Å². The lowest BCUT2D eigenvalue weighted by atomic mass is 10.0. The number of ether oxygens (including phenoxy) is 1. The average molecular weight is 515 g/mol. The average Bonchev–Trinajstić information content (AvgIpc) is 3.18. The second-order valence-corrected chi connectivity index (χ2v) is 9.08. The Balaban J connectivity index is 1.75. The van der Waals surface area contributed by atoms with E-state index >= 15 is 0 Å². The number of nitrogens with zero attached hydrogens (tertiary/aromatic N) is 1. The number of unbranched alkanes of at least 4 members (excludes halogenated alkanes) is 2. The second-order valence-electron chi connectivity index (χ2n) is 9.08. The molecule has 37 heavy (non-hydrogen) atoms. The van der Waals surface area contributed by atoms with E-state index in [1.807, 2.05) is 0 Å². The van der Waals surface area contributed by atoms with E-state index in [0.717, 1.165) is 10.5 Å². The van der Waals surface area contributed by atoms with Gasteiger partial charge in [0.25, 0.3) is 18.3 Å². The Labute approximate surface area is 216 Å². The summed E-state index contributed by atoms with van der Waals surface area (Å²) >= 11 is 0. The standard InChI is InChI=1S/C26H34N4O7/c1-17(2)24(29-21(32)7-5-4-6-14-30-22(33)12-13-23(30)34)26(36)27-18(3)25(35)28-20-10-8-19(9-11-20)15-37-16-31/h8-13,16-18,24H,4-7,14-15H2,1-3H3,(H,27,36)(H,28,35)(H,29,32)/t18-,24-/m0/s1. The van der Waals surface area contributed by atoms with Gasteiger partial charge in [-0.25, -0.2) is 0 Å². The molecule has 0 saturated carbocycles. The van der Waals surface area contributed by atoms with E-state index in [9.17, 15) is 28.8 Å². The highest BCUT2D eigenvalue weighted by Crippen LogP contribution is 2.12. The predicted molar refractivity (Wildman–Crippen MR) is 135 cm³/mol. The third kappa shape index (κ3) is 9.51. The van der Waals surface area contributed by atoms with Gasteiger partial charge in [0, 0.05) is 30.8 Å². The Hall–Kier alpha value is -4.02. The molecular formula is C26H34N4O7. The first kappa shape index (κ1) is 29.2. The van der Waals surface area contributed by atoms with Crippen molar-refractivity contribution in [1.29, 1.82) is 0 Å². The van der Waals surface area contributed by atoms with E-state index in [4.69, 9.17) is 0 Å². The topological polar surface area (TPSA) is 151 Å². The van der Waals surface area contributed by atoms with E-state index in [0.29, 0.717) is 38.0 Å². The maximum absolute atomic E-state index is 12.8. The molecule has 5 amide bonds. The molecule has 3 N–H and O–H groups in total. The molecule has 2 rings (SSSR count). The lowest BCUT2D eigenvalue weighted by Crippen LogP contribution is -2.53. The molecule has 0 spiro atoms. The minimum absolute atomic E-state index is 0.130. The molecule has 1 aliphatic heterocycles. The maximum atomic E-state index is 12.8. The van der Waals surface area contributed by atoms with Crippen molar-refractivity contribution >= 4 is 41.7 Å². The van der Waals surface area contributed by atoms with Crippen molar-refractivity contribution in [2.45, 2.75) is 65.1 Å². The van der Waals surface area contributed by atoms with Gasteiger partial charge >= 0.3 is 0 Å². The van der Waals surface area contributed by atoms with Crippen LogP contribution in [0.5, 0.6) is 0 Å². The van der Waals surface area contributed by atoms with Gasteiger partial charge in [-0.1, -0.05) is 32.4 Å². The van der Waals surface area contributed by atoms with Crippen LogP contribution in [-0.2, 0) is 40.1 Å². The molecule has 1 aromatic carbocycles. The van der Waals surface area contributed by atoms with Crippen LogP contribution in [0.4, 0.5) is 5.69 Å². The summed E-state index contributed by atoms with van der Waals surface area (Å²) in [7, 11) is 0.